The van der Waals surface area contributed by atoms with Gasteiger partial charge >= 0.3 is 12.1 Å². The van der Waals surface area contributed by atoms with Gasteiger partial charge in [-0.25, -0.2) is 9.59 Å². The molecule has 0 aromatic heterocycles. The molecule has 1 aliphatic rings. The summed E-state index contributed by atoms with van der Waals surface area (Å²) < 4.78 is 11.1. The van der Waals surface area contributed by atoms with Crippen molar-refractivity contribution in [3.05, 3.63) is 59.7 Å². The van der Waals surface area contributed by atoms with Gasteiger partial charge in [0.2, 0.25) is 5.91 Å². The fraction of sp³-hybridized carbons (Fsp3) is 0.423. The van der Waals surface area contributed by atoms with Gasteiger partial charge in [0.25, 0.3) is 0 Å². The molecular formula is C26H33N3O6. The number of likely N-dealkylation sites (N-methyl/N-ethyl adjacent to an activating group) is 1. The summed E-state index contributed by atoms with van der Waals surface area (Å²) in [5.74, 6) is -1.63. The number of carboxylic acid groups (broad SMARTS) is 1. The molecule has 0 radical (unpaired) electrons. The Labute approximate surface area is 205 Å². The van der Waals surface area contributed by atoms with E-state index in [1.807, 2.05) is 36.4 Å². The highest BCUT2D eigenvalue weighted by Crippen LogP contribution is 2.44. The van der Waals surface area contributed by atoms with Crippen LogP contribution in [0, 0.1) is 0 Å². The third-order valence-corrected chi connectivity index (χ3v) is 5.81. The summed E-state index contributed by atoms with van der Waals surface area (Å²) >= 11 is 0. The van der Waals surface area contributed by atoms with Crippen molar-refractivity contribution in [2.24, 2.45) is 0 Å². The molecule has 2 amide bonds. The third-order valence-electron chi connectivity index (χ3n) is 5.81. The van der Waals surface area contributed by atoms with Crippen molar-refractivity contribution >= 4 is 18.0 Å². The van der Waals surface area contributed by atoms with E-state index in [-0.39, 0.29) is 32.0 Å². The maximum absolute atomic E-state index is 12.4. The number of nitrogens with one attached hydrogen (secondary N) is 2. The molecule has 3 N–H and O–H groups in total. The number of carbonyl (C=O) groups excluding carboxylic acids is 2. The number of carbonyl (C=O) groups is 3. The standard InChI is InChI=1S/C26H33N3O6/c1-4-34-17(13-24(30)28-23(25(31)32)15-29(2)3)14-27-26(33)35-16-22-20-11-7-5-9-18(20)19-10-6-8-12-21(19)22/h5-12,17,22-23H,4,13-16H2,1-3H3,(H,27,33)(H,28,30)(H,31,32). The predicted octanol–water partition coefficient (Wildman–Crippen LogP) is 2.45. The summed E-state index contributed by atoms with van der Waals surface area (Å²) in [5, 5.41) is 14.5. The molecule has 0 spiro atoms. The minimum absolute atomic E-state index is 0.0498. The van der Waals surface area contributed by atoms with Crippen molar-refractivity contribution in [1.82, 2.24) is 15.5 Å². The molecule has 0 bridgehead atoms. The van der Waals surface area contributed by atoms with Gasteiger partial charge in [0.05, 0.1) is 12.5 Å². The van der Waals surface area contributed by atoms with E-state index in [1.54, 1.807) is 25.9 Å². The first-order valence-corrected chi connectivity index (χ1v) is 11.7. The molecule has 188 valence electrons. The maximum atomic E-state index is 12.4. The van der Waals surface area contributed by atoms with Crippen LogP contribution in [0.25, 0.3) is 11.1 Å². The number of hydrogen-bond donors (Lipinski definition) is 3. The van der Waals surface area contributed by atoms with Crippen LogP contribution in [0.2, 0.25) is 0 Å². The van der Waals surface area contributed by atoms with Gasteiger partial charge in [0, 0.05) is 25.6 Å². The molecule has 2 aromatic carbocycles. The van der Waals surface area contributed by atoms with Crippen LogP contribution in [0.15, 0.2) is 48.5 Å². The molecule has 2 aromatic rings. The first kappa shape index (κ1) is 26.2. The van der Waals surface area contributed by atoms with Crippen LogP contribution < -0.4 is 10.6 Å². The minimum Gasteiger partial charge on any atom is -0.480 e. The number of fused-ring (bicyclic) bond motifs is 3. The molecule has 1 aliphatic carbocycles. The second kappa shape index (κ2) is 12.3. The summed E-state index contributed by atoms with van der Waals surface area (Å²) in [6, 6.07) is 15.1. The number of rotatable bonds is 12. The van der Waals surface area contributed by atoms with E-state index in [0.717, 1.165) is 22.3 Å². The zero-order valence-electron chi connectivity index (χ0n) is 20.3. The van der Waals surface area contributed by atoms with Gasteiger partial charge in [-0.15, -0.1) is 0 Å². The Balaban J connectivity index is 1.52. The summed E-state index contributed by atoms with van der Waals surface area (Å²) in [5.41, 5.74) is 4.54. The van der Waals surface area contributed by atoms with E-state index < -0.39 is 30.1 Å². The summed E-state index contributed by atoms with van der Waals surface area (Å²) in [4.78, 5) is 37.9. The fourth-order valence-electron chi connectivity index (χ4n) is 4.28. The SMILES string of the molecule is CCOC(CNC(=O)OCC1c2ccccc2-c2ccccc21)CC(=O)NC(CN(C)C)C(=O)O. The van der Waals surface area contributed by atoms with Gasteiger partial charge in [-0.05, 0) is 43.3 Å². The highest BCUT2D eigenvalue weighted by molar-refractivity contribution is 5.84. The average molecular weight is 484 g/mol. The molecule has 2 atom stereocenters. The second-order valence-electron chi connectivity index (χ2n) is 8.71. The molecule has 2 unspecified atom stereocenters. The lowest BCUT2D eigenvalue weighted by Crippen LogP contribution is -2.48. The molecule has 35 heavy (non-hydrogen) atoms. The molecular weight excluding hydrogens is 450 g/mol. The Kier molecular flexibility index (Phi) is 9.22. The van der Waals surface area contributed by atoms with Gasteiger partial charge in [-0.2, -0.15) is 0 Å². The molecule has 9 heteroatoms. The molecule has 9 nitrogen and oxygen atoms in total. The molecule has 0 saturated carbocycles. The quantitative estimate of drug-likeness (QED) is 0.425. The summed E-state index contributed by atoms with van der Waals surface area (Å²) in [6.45, 7) is 2.53. The van der Waals surface area contributed by atoms with Crippen molar-refractivity contribution < 1.29 is 29.0 Å². The third kappa shape index (κ3) is 7.03. The topological polar surface area (TPSA) is 117 Å². The average Bonchev–Trinajstić information content (AvgIpc) is 3.14. The van der Waals surface area contributed by atoms with Crippen molar-refractivity contribution in [3.8, 4) is 11.1 Å². The maximum Gasteiger partial charge on any atom is 0.407 e. The van der Waals surface area contributed by atoms with Crippen LogP contribution >= 0.6 is 0 Å². The zero-order chi connectivity index (χ0) is 25.4. The molecule has 0 saturated heterocycles. The molecule has 3 rings (SSSR count). The lowest BCUT2D eigenvalue weighted by Gasteiger charge is -2.21. The van der Waals surface area contributed by atoms with Crippen molar-refractivity contribution in [1.29, 1.82) is 0 Å². The van der Waals surface area contributed by atoms with Crippen molar-refractivity contribution in [2.75, 3.05) is 40.4 Å². The number of alkyl carbamates (subject to hydrolysis) is 1. The van der Waals surface area contributed by atoms with E-state index in [1.165, 1.54) is 0 Å². The Hall–Kier alpha value is -3.43. The van der Waals surface area contributed by atoms with Crippen LogP contribution in [-0.2, 0) is 19.1 Å². The van der Waals surface area contributed by atoms with Gasteiger partial charge < -0.3 is 30.1 Å². The Morgan fingerprint density at radius 3 is 2.17 bits per heavy atom. The number of aliphatic carboxylic acids is 1. The number of carboxylic acids is 1. The van der Waals surface area contributed by atoms with Crippen LogP contribution in [0.3, 0.4) is 0 Å². The monoisotopic (exact) mass is 483 g/mol. The molecule has 0 fully saturated rings. The lowest BCUT2D eigenvalue weighted by atomic mass is 9.98. The van der Waals surface area contributed by atoms with Gasteiger partial charge in [0.1, 0.15) is 12.6 Å². The second-order valence-corrected chi connectivity index (χ2v) is 8.71. The largest absolute Gasteiger partial charge is 0.480 e. The number of benzene rings is 2. The highest BCUT2D eigenvalue weighted by Gasteiger charge is 2.29. The van der Waals surface area contributed by atoms with Crippen LogP contribution in [0.5, 0.6) is 0 Å². The van der Waals surface area contributed by atoms with Crippen molar-refractivity contribution in [3.63, 3.8) is 0 Å². The smallest absolute Gasteiger partial charge is 0.407 e. The van der Waals surface area contributed by atoms with Crippen LogP contribution in [-0.4, -0.2) is 80.5 Å². The zero-order valence-corrected chi connectivity index (χ0v) is 20.3. The number of amides is 2. The summed E-state index contributed by atoms with van der Waals surface area (Å²) in [6.07, 6.45) is -1.31. The van der Waals surface area contributed by atoms with Crippen LogP contribution in [0.4, 0.5) is 4.79 Å². The van der Waals surface area contributed by atoms with Gasteiger partial charge in [0.15, 0.2) is 0 Å². The van der Waals surface area contributed by atoms with Gasteiger partial charge in [-0.3, -0.25) is 4.79 Å². The molecule has 0 aliphatic heterocycles. The Morgan fingerprint density at radius 2 is 1.63 bits per heavy atom. The number of ether oxygens (including phenoxy) is 2. The van der Waals surface area contributed by atoms with E-state index in [2.05, 4.69) is 22.8 Å². The Bertz CT molecular complexity index is 996. The lowest BCUT2D eigenvalue weighted by molar-refractivity contribution is -0.142. The van der Waals surface area contributed by atoms with E-state index >= 15 is 0 Å². The van der Waals surface area contributed by atoms with E-state index in [0.29, 0.717) is 6.61 Å². The first-order valence-electron chi connectivity index (χ1n) is 11.7. The molecule has 0 heterocycles. The van der Waals surface area contributed by atoms with E-state index in [9.17, 15) is 19.5 Å². The minimum atomic E-state index is -1.11. The highest BCUT2D eigenvalue weighted by atomic mass is 16.5. The van der Waals surface area contributed by atoms with Crippen LogP contribution in [0.1, 0.15) is 30.4 Å². The van der Waals surface area contributed by atoms with E-state index in [4.69, 9.17) is 9.47 Å². The number of nitrogens with zero attached hydrogens (tertiary/aromatic N) is 1. The normalized spacial score (nSPS) is 14.1. The summed E-state index contributed by atoms with van der Waals surface area (Å²) in [7, 11) is 3.45. The van der Waals surface area contributed by atoms with Crippen molar-refractivity contribution in [2.45, 2.75) is 31.4 Å². The fourth-order valence-corrected chi connectivity index (χ4v) is 4.28. The predicted molar refractivity (Wildman–Crippen MR) is 131 cm³/mol. The first-order chi connectivity index (χ1) is 16.8. The van der Waals surface area contributed by atoms with Gasteiger partial charge in [-0.1, -0.05) is 48.5 Å². The Morgan fingerprint density at radius 1 is 1.03 bits per heavy atom. The number of hydrogen-bond acceptors (Lipinski definition) is 6.